The molecule has 1 aromatic carbocycles. The van der Waals surface area contributed by atoms with Crippen LogP contribution in [0.25, 0.3) is 0 Å². The number of aryl methyl sites for hydroxylation is 1. The van der Waals surface area contributed by atoms with Gasteiger partial charge in [0.15, 0.2) is 9.84 Å². The highest BCUT2D eigenvalue weighted by molar-refractivity contribution is 7.91. The third kappa shape index (κ3) is 3.94. The van der Waals surface area contributed by atoms with Gasteiger partial charge in [0, 0.05) is 11.7 Å². The quantitative estimate of drug-likeness (QED) is 0.771. The molecule has 2 amide bonds. The number of carbonyl (C=O) groups excluding carboxylic acids is 1. The van der Waals surface area contributed by atoms with Crippen LogP contribution in [-0.4, -0.2) is 43.1 Å². The molecule has 21 heavy (non-hydrogen) atoms. The summed E-state index contributed by atoms with van der Waals surface area (Å²) in [6, 6.07) is 3.60. The summed E-state index contributed by atoms with van der Waals surface area (Å²) in [5, 5.41) is 14.1. The third-order valence-electron chi connectivity index (χ3n) is 3.29. The van der Waals surface area contributed by atoms with Crippen LogP contribution in [-0.2, 0) is 9.84 Å². The highest BCUT2D eigenvalue weighted by atomic mass is 32.2. The van der Waals surface area contributed by atoms with E-state index in [1.807, 2.05) is 0 Å². The van der Waals surface area contributed by atoms with Gasteiger partial charge in [0.25, 0.3) is 0 Å². The number of sulfone groups is 1. The first-order chi connectivity index (χ1) is 9.77. The topological polar surface area (TPSA) is 113 Å². The summed E-state index contributed by atoms with van der Waals surface area (Å²) in [5.41, 5.74) is 1.04. The van der Waals surface area contributed by atoms with Crippen LogP contribution < -0.4 is 10.6 Å². The molecule has 3 N–H and O–H groups in total. The van der Waals surface area contributed by atoms with Crippen molar-refractivity contribution >= 4 is 27.5 Å². The van der Waals surface area contributed by atoms with Gasteiger partial charge in [-0.05, 0) is 31.0 Å². The van der Waals surface area contributed by atoms with Gasteiger partial charge in [-0.1, -0.05) is 6.07 Å². The molecule has 0 saturated carbocycles. The molecule has 1 aliphatic heterocycles. The SMILES string of the molecule is Cc1ccc(NC(=O)NC2CCS(=O)(=O)C2)cc1C(=O)O. The van der Waals surface area contributed by atoms with E-state index in [1.54, 1.807) is 19.1 Å². The molecule has 1 aliphatic rings. The van der Waals surface area contributed by atoms with Crippen molar-refractivity contribution in [1.29, 1.82) is 0 Å². The Kier molecular flexibility index (Phi) is 4.17. The van der Waals surface area contributed by atoms with E-state index < -0.39 is 27.9 Å². The number of nitrogens with one attached hydrogen (secondary N) is 2. The van der Waals surface area contributed by atoms with Crippen LogP contribution in [0.2, 0.25) is 0 Å². The molecule has 7 nitrogen and oxygen atoms in total. The zero-order valence-electron chi connectivity index (χ0n) is 11.4. The summed E-state index contributed by atoms with van der Waals surface area (Å²) in [6.07, 6.45) is 0.393. The van der Waals surface area contributed by atoms with Crippen molar-refractivity contribution in [3.8, 4) is 0 Å². The normalized spacial score (nSPS) is 20.0. The van der Waals surface area contributed by atoms with Gasteiger partial charge in [-0.2, -0.15) is 0 Å². The molecule has 1 heterocycles. The molecule has 1 atom stereocenters. The van der Waals surface area contributed by atoms with Crippen molar-refractivity contribution in [3.05, 3.63) is 29.3 Å². The fourth-order valence-electron chi connectivity index (χ4n) is 2.19. The molecule has 0 radical (unpaired) electrons. The van der Waals surface area contributed by atoms with Crippen molar-refractivity contribution in [1.82, 2.24) is 5.32 Å². The summed E-state index contributed by atoms with van der Waals surface area (Å²) in [7, 11) is -3.06. The van der Waals surface area contributed by atoms with Crippen LogP contribution in [0, 0.1) is 6.92 Å². The van der Waals surface area contributed by atoms with Crippen LogP contribution in [0.5, 0.6) is 0 Å². The number of hydrogen-bond donors (Lipinski definition) is 3. The fraction of sp³-hybridized carbons (Fsp3) is 0.385. The lowest BCUT2D eigenvalue weighted by atomic mass is 10.1. The number of aromatic carboxylic acids is 1. The van der Waals surface area contributed by atoms with E-state index >= 15 is 0 Å². The lowest BCUT2D eigenvalue weighted by molar-refractivity contribution is 0.0696. The zero-order valence-corrected chi connectivity index (χ0v) is 12.2. The Morgan fingerprint density at radius 3 is 2.62 bits per heavy atom. The number of carboxylic acid groups (broad SMARTS) is 1. The number of amides is 2. The minimum Gasteiger partial charge on any atom is -0.478 e. The first kappa shape index (κ1) is 15.3. The first-order valence-corrected chi connectivity index (χ1v) is 8.21. The van der Waals surface area contributed by atoms with E-state index in [2.05, 4.69) is 10.6 Å². The Morgan fingerprint density at radius 2 is 2.05 bits per heavy atom. The van der Waals surface area contributed by atoms with E-state index in [0.29, 0.717) is 17.7 Å². The van der Waals surface area contributed by atoms with E-state index in [1.165, 1.54) is 6.07 Å². The Morgan fingerprint density at radius 1 is 1.33 bits per heavy atom. The average molecular weight is 312 g/mol. The molecule has 114 valence electrons. The van der Waals surface area contributed by atoms with Gasteiger partial charge in [-0.3, -0.25) is 0 Å². The highest BCUT2D eigenvalue weighted by Crippen LogP contribution is 2.16. The summed E-state index contributed by atoms with van der Waals surface area (Å²) in [5.74, 6) is -1.06. The van der Waals surface area contributed by atoms with Crippen molar-refractivity contribution in [2.75, 3.05) is 16.8 Å². The van der Waals surface area contributed by atoms with Gasteiger partial charge in [0.05, 0.1) is 17.1 Å². The minimum atomic E-state index is -3.06. The second kappa shape index (κ2) is 5.72. The molecular weight excluding hydrogens is 296 g/mol. The summed E-state index contributed by atoms with van der Waals surface area (Å²) in [6.45, 7) is 1.66. The van der Waals surface area contributed by atoms with Crippen molar-refractivity contribution in [2.24, 2.45) is 0 Å². The largest absolute Gasteiger partial charge is 0.478 e. The smallest absolute Gasteiger partial charge is 0.336 e. The van der Waals surface area contributed by atoms with Crippen LogP contribution in [0.3, 0.4) is 0 Å². The van der Waals surface area contributed by atoms with Crippen LogP contribution in [0.15, 0.2) is 18.2 Å². The maximum absolute atomic E-state index is 11.8. The monoisotopic (exact) mass is 312 g/mol. The van der Waals surface area contributed by atoms with Crippen molar-refractivity contribution in [3.63, 3.8) is 0 Å². The van der Waals surface area contributed by atoms with Gasteiger partial charge < -0.3 is 15.7 Å². The first-order valence-electron chi connectivity index (χ1n) is 6.39. The maximum atomic E-state index is 11.8. The summed E-state index contributed by atoms with van der Waals surface area (Å²) < 4.78 is 22.6. The van der Waals surface area contributed by atoms with Gasteiger partial charge in [0.1, 0.15) is 0 Å². The van der Waals surface area contributed by atoms with Crippen molar-refractivity contribution in [2.45, 2.75) is 19.4 Å². The number of urea groups is 1. The predicted octanol–water partition coefficient (Wildman–Crippen LogP) is 1.00. The number of carbonyl (C=O) groups is 2. The lowest BCUT2D eigenvalue weighted by Crippen LogP contribution is -2.38. The van der Waals surface area contributed by atoms with Gasteiger partial charge in [-0.15, -0.1) is 0 Å². The molecule has 1 aromatic rings. The van der Waals surface area contributed by atoms with Crippen LogP contribution in [0.1, 0.15) is 22.3 Å². The number of rotatable bonds is 3. The van der Waals surface area contributed by atoms with E-state index in [0.717, 1.165) is 0 Å². The molecule has 0 spiro atoms. The molecule has 0 bridgehead atoms. The fourth-order valence-corrected chi connectivity index (χ4v) is 3.86. The Labute approximate surface area is 122 Å². The summed E-state index contributed by atoms with van der Waals surface area (Å²) in [4.78, 5) is 22.8. The standard InChI is InChI=1S/C13H16N2O5S/c1-8-2-3-9(6-11(8)12(16)17)14-13(18)15-10-4-5-21(19,20)7-10/h2-3,6,10H,4-5,7H2,1H3,(H,16,17)(H2,14,15,18). The number of anilines is 1. The number of carboxylic acids is 1. The van der Waals surface area contributed by atoms with Crippen LogP contribution >= 0.6 is 0 Å². The molecular formula is C13H16N2O5S. The van der Waals surface area contributed by atoms with E-state index in [-0.39, 0.29) is 17.1 Å². The molecule has 8 heteroatoms. The van der Waals surface area contributed by atoms with Gasteiger partial charge in [0.2, 0.25) is 0 Å². The van der Waals surface area contributed by atoms with E-state index in [4.69, 9.17) is 5.11 Å². The predicted molar refractivity (Wildman–Crippen MR) is 77.4 cm³/mol. The maximum Gasteiger partial charge on any atom is 0.336 e. The van der Waals surface area contributed by atoms with Gasteiger partial charge >= 0.3 is 12.0 Å². The van der Waals surface area contributed by atoms with Gasteiger partial charge in [-0.25, -0.2) is 18.0 Å². The Balaban J connectivity index is 2.00. The van der Waals surface area contributed by atoms with Crippen molar-refractivity contribution < 1.29 is 23.1 Å². The summed E-state index contributed by atoms with van der Waals surface area (Å²) >= 11 is 0. The second-order valence-electron chi connectivity index (χ2n) is 5.03. The molecule has 1 saturated heterocycles. The third-order valence-corrected chi connectivity index (χ3v) is 5.06. The Bertz CT molecular complexity index is 684. The second-order valence-corrected chi connectivity index (χ2v) is 7.26. The molecule has 1 fully saturated rings. The van der Waals surface area contributed by atoms with Crippen LogP contribution in [0.4, 0.5) is 10.5 Å². The number of benzene rings is 1. The molecule has 0 aromatic heterocycles. The highest BCUT2D eigenvalue weighted by Gasteiger charge is 2.28. The minimum absolute atomic E-state index is 0.0608. The molecule has 0 aliphatic carbocycles. The lowest BCUT2D eigenvalue weighted by Gasteiger charge is -2.12. The zero-order chi connectivity index (χ0) is 15.6. The number of hydrogen-bond acceptors (Lipinski definition) is 4. The Hall–Kier alpha value is -2.09. The average Bonchev–Trinajstić information content (AvgIpc) is 2.70. The molecule has 2 rings (SSSR count). The molecule has 1 unspecified atom stereocenters. The van der Waals surface area contributed by atoms with E-state index in [9.17, 15) is 18.0 Å².